The molecule has 0 aliphatic heterocycles. The highest BCUT2D eigenvalue weighted by atomic mass is 16.5. The number of hydrogen-bond acceptors (Lipinski definition) is 5. The van der Waals surface area contributed by atoms with E-state index in [2.05, 4.69) is 15.5 Å². The number of rotatable bonds is 8. The van der Waals surface area contributed by atoms with Crippen LogP contribution in [0.15, 0.2) is 54.7 Å². The van der Waals surface area contributed by atoms with Crippen LogP contribution in [-0.4, -0.2) is 35.6 Å². The van der Waals surface area contributed by atoms with Crippen LogP contribution in [0.3, 0.4) is 0 Å². The third-order valence-electron chi connectivity index (χ3n) is 3.79. The second kappa shape index (κ2) is 8.21. The van der Waals surface area contributed by atoms with Gasteiger partial charge in [-0.2, -0.15) is 5.10 Å². The molecule has 1 heterocycles. The van der Waals surface area contributed by atoms with Crippen molar-refractivity contribution in [1.82, 2.24) is 10.2 Å². The van der Waals surface area contributed by atoms with E-state index >= 15 is 0 Å². The summed E-state index contributed by atoms with van der Waals surface area (Å²) in [6, 6.07) is 15.5. The summed E-state index contributed by atoms with van der Waals surface area (Å²) < 4.78 is 10.5. The van der Waals surface area contributed by atoms with E-state index in [9.17, 15) is 0 Å². The number of ether oxygens (including phenoxy) is 2. The molecule has 130 valence electrons. The molecule has 25 heavy (non-hydrogen) atoms. The van der Waals surface area contributed by atoms with E-state index in [1.54, 1.807) is 7.11 Å². The van der Waals surface area contributed by atoms with Gasteiger partial charge >= 0.3 is 0 Å². The summed E-state index contributed by atoms with van der Waals surface area (Å²) in [5.74, 6) is 1.56. The van der Waals surface area contributed by atoms with Crippen molar-refractivity contribution in [1.29, 1.82) is 0 Å². The van der Waals surface area contributed by atoms with Crippen molar-refractivity contribution in [2.45, 2.75) is 6.54 Å². The van der Waals surface area contributed by atoms with Crippen LogP contribution in [0, 0.1) is 0 Å². The van der Waals surface area contributed by atoms with Gasteiger partial charge in [-0.3, -0.25) is 5.10 Å². The van der Waals surface area contributed by atoms with Gasteiger partial charge in [-0.05, 0) is 48.5 Å². The maximum atomic E-state index is 8.77. The van der Waals surface area contributed by atoms with Crippen LogP contribution >= 0.6 is 0 Å². The number of nitrogens with one attached hydrogen (secondary N) is 2. The summed E-state index contributed by atoms with van der Waals surface area (Å²) in [5.41, 5.74) is 4.10. The zero-order valence-electron chi connectivity index (χ0n) is 14.0. The van der Waals surface area contributed by atoms with Gasteiger partial charge in [0.25, 0.3) is 0 Å². The molecule has 3 N–H and O–H groups in total. The van der Waals surface area contributed by atoms with E-state index in [0.717, 1.165) is 34.0 Å². The molecule has 3 aromatic rings. The van der Waals surface area contributed by atoms with Gasteiger partial charge in [-0.15, -0.1) is 0 Å². The Bertz CT molecular complexity index is 782. The standard InChI is InChI=1S/C19H21N3O3/c1-24-17-6-2-14(3-7-17)19-15(13-21-22-19)12-20-16-4-8-18(9-5-16)25-11-10-23/h2-9,13,20,23H,10-12H2,1H3,(H,21,22). The molecule has 0 atom stereocenters. The summed E-state index contributed by atoms with van der Waals surface area (Å²) in [4.78, 5) is 0. The van der Waals surface area contributed by atoms with Crippen LogP contribution in [0.25, 0.3) is 11.3 Å². The Hall–Kier alpha value is -2.99. The summed E-state index contributed by atoms with van der Waals surface area (Å²) >= 11 is 0. The molecule has 0 aliphatic carbocycles. The topological polar surface area (TPSA) is 79.4 Å². The Kier molecular flexibility index (Phi) is 5.53. The highest BCUT2D eigenvalue weighted by Gasteiger charge is 2.08. The molecular weight excluding hydrogens is 318 g/mol. The smallest absolute Gasteiger partial charge is 0.119 e. The minimum Gasteiger partial charge on any atom is -0.497 e. The van der Waals surface area contributed by atoms with Gasteiger partial charge in [0.05, 0.1) is 25.6 Å². The number of H-pyrrole nitrogens is 1. The number of hydrogen-bond donors (Lipinski definition) is 3. The molecule has 6 nitrogen and oxygen atoms in total. The maximum Gasteiger partial charge on any atom is 0.119 e. The summed E-state index contributed by atoms with van der Waals surface area (Å²) in [6.07, 6.45) is 1.82. The largest absolute Gasteiger partial charge is 0.497 e. The molecule has 3 rings (SSSR count). The Labute approximate surface area is 146 Å². The number of benzene rings is 2. The lowest BCUT2D eigenvalue weighted by atomic mass is 10.1. The lowest BCUT2D eigenvalue weighted by Crippen LogP contribution is -2.02. The fourth-order valence-electron chi connectivity index (χ4n) is 2.48. The molecule has 0 fully saturated rings. The Morgan fingerprint density at radius 1 is 1.04 bits per heavy atom. The van der Waals surface area contributed by atoms with Crippen molar-refractivity contribution in [3.05, 3.63) is 60.3 Å². The van der Waals surface area contributed by atoms with Crippen LogP contribution in [0.2, 0.25) is 0 Å². The molecule has 2 aromatic carbocycles. The van der Waals surface area contributed by atoms with Crippen molar-refractivity contribution >= 4 is 5.69 Å². The highest BCUT2D eigenvalue weighted by Crippen LogP contribution is 2.24. The van der Waals surface area contributed by atoms with Crippen LogP contribution in [-0.2, 0) is 6.54 Å². The number of aromatic nitrogens is 2. The monoisotopic (exact) mass is 339 g/mol. The molecule has 0 saturated heterocycles. The quantitative estimate of drug-likeness (QED) is 0.588. The van der Waals surface area contributed by atoms with Crippen molar-refractivity contribution in [3.63, 3.8) is 0 Å². The molecule has 0 aliphatic rings. The first-order valence-corrected chi connectivity index (χ1v) is 8.04. The molecule has 0 saturated carbocycles. The Balaban J connectivity index is 1.65. The summed E-state index contributed by atoms with van der Waals surface area (Å²) in [5, 5.41) is 19.4. The van der Waals surface area contributed by atoms with Crippen LogP contribution in [0.1, 0.15) is 5.56 Å². The maximum absolute atomic E-state index is 8.77. The molecule has 1 aromatic heterocycles. The van der Waals surface area contributed by atoms with Crippen molar-refractivity contribution in [2.24, 2.45) is 0 Å². The minimum atomic E-state index is 0.00856. The van der Waals surface area contributed by atoms with Gasteiger partial charge in [0.1, 0.15) is 18.1 Å². The van der Waals surface area contributed by atoms with E-state index in [-0.39, 0.29) is 6.61 Å². The second-order valence-electron chi connectivity index (χ2n) is 5.45. The number of aromatic amines is 1. The fraction of sp³-hybridized carbons (Fsp3) is 0.211. The SMILES string of the molecule is COc1ccc(-c2[nH]ncc2CNc2ccc(OCCO)cc2)cc1. The number of nitrogens with zero attached hydrogens (tertiary/aromatic N) is 1. The van der Waals surface area contributed by atoms with E-state index < -0.39 is 0 Å². The van der Waals surface area contributed by atoms with E-state index in [0.29, 0.717) is 13.2 Å². The third kappa shape index (κ3) is 4.30. The molecule has 0 spiro atoms. The average Bonchev–Trinajstić information content (AvgIpc) is 3.14. The summed E-state index contributed by atoms with van der Waals surface area (Å²) in [7, 11) is 1.65. The predicted octanol–water partition coefficient (Wildman–Crippen LogP) is 3.07. The zero-order chi connectivity index (χ0) is 17.5. The zero-order valence-corrected chi connectivity index (χ0v) is 14.0. The van der Waals surface area contributed by atoms with Crippen molar-refractivity contribution < 1.29 is 14.6 Å². The van der Waals surface area contributed by atoms with E-state index in [1.807, 2.05) is 54.7 Å². The molecule has 0 radical (unpaired) electrons. The van der Waals surface area contributed by atoms with E-state index in [4.69, 9.17) is 14.6 Å². The summed E-state index contributed by atoms with van der Waals surface area (Å²) in [6.45, 7) is 0.955. The second-order valence-corrected chi connectivity index (χ2v) is 5.45. The third-order valence-corrected chi connectivity index (χ3v) is 3.79. The van der Waals surface area contributed by atoms with Gasteiger partial charge in [-0.25, -0.2) is 0 Å². The van der Waals surface area contributed by atoms with Crippen LogP contribution < -0.4 is 14.8 Å². The first kappa shape index (κ1) is 16.9. The minimum absolute atomic E-state index is 0.00856. The first-order valence-electron chi connectivity index (χ1n) is 8.04. The van der Waals surface area contributed by atoms with Crippen LogP contribution in [0.4, 0.5) is 5.69 Å². The van der Waals surface area contributed by atoms with Crippen molar-refractivity contribution in [2.75, 3.05) is 25.6 Å². The molecular formula is C19H21N3O3. The van der Waals surface area contributed by atoms with Gasteiger partial charge in [0.2, 0.25) is 0 Å². The van der Waals surface area contributed by atoms with Gasteiger partial charge in [0, 0.05) is 23.4 Å². The Morgan fingerprint density at radius 2 is 1.76 bits per heavy atom. The lowest BCUT2D eigenvalue weighted by Gasteiger charge is -2.09. The molecule has 0 bridgehead atoms. The Morgan fingerprint density at radius 3 is 2.44 bits per heavy atom. The van der Waals surface area contributed by atoms with Gasteiger partial charge < -0.3 is 19.9 Å². The number of aliphatic hydroxyl groups is 1. The predicted molar refractivity (Wildman–Crippen MR) is 96.9 cm³/mol. The number of methoxy groups -OCH3 is 1. The average molecular weight is 339 g/mol. The van der Waals surface area contributed by atoms with Gasteiger partial charge in [-0.1, -0.05) is 0 Å². The molecule has 0 unspecified atom stereocenters. The van der Waals surface area contributed by atoms with E-state index in [1.165, 1.54) is 0 Å². The highest BCUT2D eigenvalue weighted by molar-refractivity contribution is 5.64. The van der Waals surface area contributed by atoms with Gasteiger partial charge in [0.15, 0.2) is 0 Å². The fourth-order valence-corrected chi connectivity index (χ4v) is 2.48. The number of anilines is 1. The molecule has 0 amide bonds. The molecule has 6 heteroatoms. The van der Waals surface area contributed by atoms with Crippen LogP contribution in [0.5, 0.6) is 11.5 Å². The normalized spacial score (nSPS) is 10.5. The lowest BCUT2D eigenvalue weighted by molar-refractivity contribution is 0.201. The van der Waals surface area contributed by atoms with Crippen molar-refractivity contribution in [3.8, 4) is 22.8 Å². The number of aliphatic hydroxyl groups excluding tert-OH is 1. The first-order chi connectivity index (χ1) is 12.3.